The summed E-state index contributed by atoms with van der Waals surface area (Å²) in [5.41, 5.74) is 2.57. The van der Waals surface area contributed by atoms with Gasteiger partial charge in [0.2, 0.25) is 0 Å². The van der Waals surface area contributed by atoms with E-state index >= 15 is 0 Å². The Labute approximate surface area is 145 Å². The number of benzene rings is 1. The molecule has 1 aromatic carbocycles. The first kappa shape index (κ1) is 17.5. The van der Waals surface area contributed by atoms with Crippen LogP contribution in [0.1, 0.15) is 26.3 Å². The Hall–Kier alpha value is -0.580. The molecule has 1 aromatic rings. The largest absolute Gasteiger partial charge is 0.495 e. The minimum absolute atomic E-state index is 0.547. The molecule has 0 radical (unpaired) electrons. The number of rotatable bonds is 3. The van der Waals surface area contributed by atoms with E-state index in [1.807, 2.05) is 12.1 Å². The van der Waals surface area contributed by atoms with E-state index in [9.17, 15) is 4.79 Å². The van der Waals surface area contributed by atoms with E-state index in [1.165, 1.54) is 6.21 Å². The first-order valence-corrected chi connectivity index (χ1v) is 7.94. The summed E-state index contributed by atoms with van der Waals surface area (Å²) in [7, 11) is 1.60. The predicted octanol–water partition coefficient (Wildman–Crippen LogP) is 3.76. The summed E-state index contributed by atoms with van der Waals surface area (Å²) in [6.45, 7) is 5.38. The van der Waals surface area contributed by atoms with Gasteiger partial charge in [-0.05, 0) is 78.1 Å². The quantitative estimate of drug-likeness (QED) is 0.390. The van der Waals surface area contributed by atoms with Crippen molar-refractivity contribution in [2.24, 2.45) is 5.10 Å². The smallest absolute Gasteiger partial charge is 0.428 e. The van der Waals surface area contributed by atoms with E-state index in [4.69, 9.17) is 9.47 Å². The van der Waals surface area contributed by atoms with Gasteiger partial charge in [-0.15, -0.1) is 0 Å². The number of nitrogens with zero attached hydrogens (tertiary/aromatic N) is 1. The molecule has 7 heteroatoms. The molecule has 0 heterocycles. The van der Waals surface area contributed by atoms with Crippen molar-refractivity contribution in [2.45, 2.75) is 26.4 Å². The molecular formula is C13H16I2N2O3. The van der Waals surface area contributed by atoms with Crippen molar-refractivity contribution < 1.29 is 14.3 Å². The topological polar surface area (TPSA) is 59.9 Å². The lowest BCUT2D eigenvalue weighted by molar-refractivity contribution is 0.0529. The Morgan fingerprint density at radius 2 is 2.00 bits per heavy atom. The number of hydrazone groups is 1. The molecule has 0 aliphatic heterocycles. The highest BCUT2D eigenvalue weighted by atomic mass is 127. The molecule has 1 N–H and O–H groups in total. The molecule has 0 bridgehead atoms. The minimum atomic E-state index is -0.590. The maximum atomic E-state index is 11.5. The van der Waals surface area contributed by atoms with Crippen molar-refractivity contribution in [1.29, 1.82) is 0 Å². The molecule has 5 nitrogen and oxygen atoms in total. The van der Waals surface area contributed by atoms with E-state index in [-0.39, 0.29) is 0 Å². The Bertz CT molecular complexity index is 525. The van der Waals surface area contributed by atoms with Gasteiger partial charge in [0, 0.05) is 9.13 Å². The SMILES string of the molecule is COc1c(I)cc(I)cc1/C=N\NC(=O)OC(C)(C)C. The van der Waals surface area contributed by atoms with E-state index in [0.29, 0.717) is 0 Å². The number of halogens is 2. The number of methoxy groups -OCH3 is 1. The van der Waals surface area contributed by atoms with Gasteiger partial charge in [0.25, 0.3) is 0 Å². The number of hydrogen-bond donors (Lipinski definition) is 1. The van der Waals surface area contributed by atoms with Crippen LogP contribution in [0.25, 0.3) is 0 Å². The zero-order chi connectivity index (χ0) is 15.3. The minimum Gasteiger partial charge on any atom is -0.495 e. The van der Waals surface area contributed by atoms with Crippen LogP contribution in [0.3, 0.4) is 0 Å². The highest BCUT2D eigenvalue weighted by Crippen LogP contribution is 2.26. The Morgan fingerprint density at radius 3 is 2.55 bits per heavy atom. The first-order chi connectivity index (χ1) is 9.23. The number of hydrogen-bond acceptors (Lipinski definition) is 4. The fraction of sp³-hybridized carbons (Fsp3) is 0.385. The predicted molar refractivity (Wildman–Crippen MR) is 95.4 cm³/mol. The van der Waals surface area contributed by atoms with Crippen molar-refractivity contribution in [3.63, 3.8) is 0 Å². The lowest BCUT2D eigenvalue weighted by Gasteiger charge is -2.18. The van der Waals surface area contributed by atoms with Crippen LogP contribution in [-0.2, 0) is 4.74 Å². The summed E-state index contributed by atoms with van der Waals surface area (Å²) < 4.78 is 12.4. The fourth-order valence-electron chi connectivity index (χ4n) is 1.35. The van der Waals surface area contributed by atoms with E-state index < -0.39 is 11.7 Å². The Kier molecular flexibility index (Phi) is 6.49. The second kappa shape index (κ2) is 7.43. The van der Waals surface area contributed by atoms with E-state index in [1.54, 1.807) is 27.9 Å². The second-order valence-corrected chi connectivity index (χ2v) is 7.29. The van der Waals surface area contributed by atoms with Crippen LogP contribution in [0, 0.1) is 7.14 Å². The third kappa shape index (κ3) is 5.81. The molecule has 0 saturated carbocycles. The van der Waals surface area contributed by atoms with Crippen LogP contribution in [0.15, 0.2) is 17.2 Å². The van der Waals surface area contributed by atoms with Crippen molar-refractivity contribution in [2.75, 3.05) is 7.11 Å². The maximum absolute atomic E-state index is 11.5. The number of amides is 1. The van der Waals surface area contributed by atoms with E-state index in [2.05, 4.69) is 55.7 Å². The van der Waals surface area contributed by atoms with Crippen LogP contribution in [0.4, 0.5) is 4.79 Å². The summed E-state index contributed by atoms with van der Waals surface area (Å²) in [4.78, 5) is 11.5. The molecule has 0 aliphatic rings. The Morgan fingerprint density at radius 1 is 1.35 bits per heavy atom. The third-order valence-corrected chi connectivity index (χ3v) is 3.42. The van der Waals surface area contributed by atoms with Crippen LogP contribution in [0.5, 0.6) is 5.75 Å². The van der Waals surface area contributed by atoms with Gasteiger partial charge in [-0.25, -0.2) is 10.2 Å². The highest BCUT2D eigenvalue weighted by molar-refractivity contribution is 14.1. The standard InChI is InChI=1S/C13H16I2N2O3/c1-13(2,3)20-12(18)17-16-7-8-5-9(14)6-10(15)11(8)19-4/h5-7H,1-4H3,(H,17,18)/b16-7-. The summed E-state index contributed by atoms with van der Waals surface area (Å²) in [5, 5.41) is 3.88. The molecule has 20 heavy (non-hydrogen) atoms. The maximum Gasteiger partial charge on any atom is 0.428 e. The van der Waals surface area contributed by atoms with Gasteiger partial charge in [0.15, 0.2) is 0 Å². The fourth-order valence-corrected chi connectivity index (χ4v) is 3.46. The zero-order valence-electron chi connectivity index (χ0n) is 11.7. The van der Waals surface area contributed by atoms with Crippen LogP contribution in [-0.4, -0.2) is 25.0 Å². The van der Waals surface area contributed by atoms with Crippen molar-refractivity contribution in [1.82, 2.24) is 5.43 Å². The molecule has 0 aliphatic carbocycles. The number of carbonyl (C=O) groups excluding carboxylic acids is 1. The molecule has 0 fully saturated rings. The molecule has 1 rings (SSSR count). The molecule has 0 spiro atoms. The normalized spacial score (nSPS) is 11.5. The molecule has 0 aromatic heterocycles. The number of carbonyl (C=O) groups is 1. The highest BCUT2D eigenvalue weighted by Gasteiger charge is 2.15. The lowest BCUT2D eigenvalue weighted by atomic mass is 10.2. The number of nitrogens with one attached hydrogen (secondary N) is 1. The summed E-state index contributed by atoms with van der Waals surface area (Å²) >= 11 is 4.40. The average Bonchev–Trinajstić information content (AvgIpc) is 2.25. The molecular weight excluding hydrogens is 486 g/mol. The Balaban J connectivity index is 2.78. The summed E-state index contributed by atoms with van der Waals surface area (Å²) in [6.07, 6.45) is 0.945. The van der Waals surface area contributed by atoms with Gasteiger partial charge in [0.1, 0.15) is 11.4 Å². The van der Waals surface area contributed by atoms with Gasteiger partial charge in [0.05, 0.1) is 16.9 Å². The van der Waals surface area contributed by atoms with Crippen molar-refractivity contribution in [3.8, 4) is 5.75 Å². The van der Waals surface area contributed by atoms with Crippen LogP contribution >= 0.6 is 45.2 Å². The molecule has 1 amide bonds. The first-order valence-electron chi connectivity index (χ1n) is 5.78. The van der Waals surface area contributed by atoms with Gasteiger partial charge >= 0.3 is 6.09 Å². The van der Waals surface area contributed by atoms with Gasteiger partial charge in [-0.2, -0.15) is 5.10 Å². The monoisotopic (exact) mass is 502 g/mol. The van der Waals surface area contributed by atoms with Gasteiger partial charge in [-0.1, -0.05) is 0 Å². The van der Waals surface area contributed by atoms with Crippen LogP contribution in [0.2, 0.25) is 0 Å². The molecule has 0 saturated heterocycles. The van der Waals surface area contributed by atoms with Crippen molar-refractivity contribution >= 4 is 57.5 Å². The lowest BCUT2D eigenvalue weighted by Crippen LogP contribution is -2.29. The third-order valence-electron chi connectivity index (χ3n) is 2.00. The second-order valence-electron chi connectivity index (χ2n) is 4.88. The summed E-state index contributed by atoms with van der Waals surface area (Å²) in [6, 6.07) is 3.92. The zero-order valence-corrected chi connectivity index (χ0v) is 16.0. The van der Waals surface area contributed by atoms with Gasteiger partial charge in [-0.3, -0.25) is 0 Å². The average molecular weight is 502 g/mol. The van der Waals surface area contributed by atoms with Crippen molar-refractivity contribution in [3.05, 3.63) is 24.8 Å². The van der Waals surface area contributed by atoms with E-state index in [0.717, 1.165) is 18.5 Å². The van der Waals surface area contributed by atoms with Crippen LogP contribution < -0.4 is 10.2 Å². The summed E-state index contributed by atoms with van der Waals surface area (Å²) in [5.74, 6) is 0.723. The molecule has 110 valence electrons. The number of ether oxygens (including phenoxy) is 2. The van der Waals surface area contributed by atoms with Gasteiger partial charge < -0.3 is 9.47 Å². The molecule has 0 unspecified atom stereocenters. The molecule has 0 atom stereocenters.